The first-order valence-corrected chi connectivity index (χ1v) is 7.32. The highest BCUT2D eigenvalue weighted by atomic mass is 19.1. The summed E-state index contributed by atoms with van der Waals surface area (Å²) in [6.07, 6.45) is 0. The van der Waals surface area contributed by atoms with E-state index in [-0.39, 0.29) is 39.5 Å². The fraction of sp³-hybridized carbons (Fsp3) is 0. The molecular weight excluding hydrogens is 342 g/mol. The second-order valence-electron chi connectivity index (χ2n) is 5.33. The summed E-state index contributed by atoms with van der Waals surface area (Å²) in [4.78, 5) is 14.7. The molecule has 0 aliphatic carbocycles. The third kappa shape index (κ3) is 2.93. The van der Waals surface area contributed by atoms with Crippen LogP contribution < -0.4 is 5.73 Å². The van der Waals surface area contributed by atoms with Crippen LogP contribution >= 0.6 is 0 Å². The Bertz CT molecular complexity index is 1080. The lowest BCUT2D eigenvalue weighted by atomic mass is 9.97. The van der Waals surface area contributed by atoms with E-state index in [4.69, 9.17) is 5.73 Å². The smallest absolute Gasteiger partial charge is 0.278 e. The van der Waals surface area contributed by atoms with Crippen molar-refractivity contribution in [3.63, 3.8) is 0 Å². The molecule has 2 N–H and O–H groups in total. The maximum absolute atomic E-state index is 14.2. The molecule has 0 aliphatic rings. The quantitative estimate of drug-likeness (QED) is 0.565. The van der Waals surface area contributed by atoms with E-state index in [0.717, 1.165) is 6.07 Å². The van der Waals surface area contributed by atoms with Crippen molar-refractivity contribution in [2.24, 2.45) is 0 Å². The van der Waals surface area contributed by atoms with Crippen LogP contribution in [0.4, 0.5) is 20.3 Å². The van der Waals surface area contributed by atoms with Gasteiger partial charge in [-0.2, -0.15) is 5.26 Å². The normalized spacial score (nSPS) is 10.3. The average molecular weight is 352 g/mol. The number of nitro groups is 1. The number of nitrogens with two attached hydrogens (primary N) is 1. The summed E-state index contributed by atoms with van der Waals surface area (Å²) >= 11 is 0. The van der Waals surface area contributed by atoms with Crippen molar-refractivity contribution < 1.29 is 13.7 Å². The molecule has 0 aliphatic heterocycles. The van der Waals surface area contributed by atoms with E-state index < -0.39 is 16.6 Å². The van der Waals surface area contributed by atoms with E-state index in [1.54, 1.807) is 6.07 Å². The molecule has 0 amide bonds. The van der Waals surface area contributed by atoms with Crippen LogP contribution in [0.3, 0.4) is 0 Å². The molecule has 1 heterocycles. The summed E-state index contributed by atoms with van der Waals surface area (Å²) in [5.41, 5.74) is 5.79. The molecule has 8 heteroatoms. The number of hydrogen-bond donors (Lipinski definition) is 1. The van der Waals surface area contributed by atoms with Crippen LogP contribution in [-0.4, -0.2) is 9.91 Å². The number of nitrogen functional groups attached to an aromatic ring is 1. The van der Waals surface area contributed by atoms with Gasteiger partial charge in [0.15, 0.2) is 0 Å². The molecule has 128 valence electrons. The van der Waals surface area contributed by atoms with Gasteiger partial charge in [-0.05, 0) is 24.3 Å². The first kappa shape index (κ1) is 17.0. The molecule has 2 aromatic carbocycles. The standard InChI is InChI=1S/C18H10F2N4O2/c19-10-5-6-11(15(20)7-10)13-8-16(23-18(22)14(13)9-21)12-3-1-2-4-17(12)24(25)26/h1-8H,(H2,22,23). The van der Waals surface area contributed by atoms with Crippen molar-refractivity contribution >= 4 is 11.5 Å². The highest BCUT2D eigenvalue weighted by molar-refractivity contribution is 5.82. The van der Waals surface area contributed by atoms with Crippen LogP contribution in [0.5, 0.6) is 0 Å². The molecule has 3 rings (SSSR count). The second-order valence-corrected chi connectivity index (χ2v) is 5.33. The molecule has 0 radical (unpaired) electrons. The number of halogens is 2. The summed E-state index contributed by atoms with van der Waals surface area (Å²) in [7, 11) is 0. The molecular formula is C18H10F2N4O2. The molecule has 3 aromatic rings. The van der Waals surface area contributed by atoms with Crippen LogP contribution in [-0.2, 0) is 0 Å². The number of rotatable bonds is 3. The summed E-state index contributed by atoms with van der Waals surface area (Å²) in [6.45, 7) is 0. The van der Waals surface area contributed by atoms with Gasteiger partial charge in [0.1, 0.15) is 29.1 Å². The molecule has 0 saturated carbocycles. The van der Waals surface area contributed by atoms with Crippen LogP contribution in [0.25, 0.3) is 22.4 Å². The molecule has 0 atom stereocenters. The van der Waals surface area contributed by atoms with Gasteiger partial charge in [0, 0.05) is 23.3 Å². The number of hydrogen-bond acceptors (Lipinski definition) is 5. The van der Waals surface area contributed by atoms with Crippen LogP contribution in [0.2, 0.25) is 0 Å². The van der Waals surface area contributed by atoms with Gasteiger partial charge in [0.2, 0.25) is 0 Å². The zero-order chi connectivity index (χ0) is 18.8. The highest BCUT2D eigenvalue weighted by Crippen LogP contribution is 2.35. The fourth-order valence-corrected chi connectivity index (χ4v) is 2.59. The van der Waals surface area contributed by atoms with Crippen molar-refractivity contribution in [3.8, 4) is 28.5 Å². The zero-order valence-electron chi connectivity index (χ0n) is 13.1. The lowest BCUT2D eigenvalue weighted by molar-refractivity contribution is -0.384. The molecule has 6 nitrogen and oxygen atoms in total. The van der Waals surface area contributed by atoms with E-state index >= 15 is 0 Å². The Hall–Kier alpha value is -3.86. The van der Waals surface area contributed by atoms with Crippen molar-refractivity contribution in [2.75, 3.05) is 5.73 Å². The van der Waals surface area contributed by atoms with E-state index in [9.17, 15) is 24.2 Å². The largest absolute Gasteiger partial charge is 0.383 e. The minimum Gasteiger partial charge on any atom is -0.383 e. The zero-order valence-corrected chi connectivity index (χ0v) is 13.1. The number of nitrogens with zero attached hydrogens (tertiary/aromatic N) is 3. The van der Waals surface area contributed by atoms with Gasteiger partial charge < -0.3 is 5.73 Å². The van der Waals surface area contributed by atoms with Gasteiger partial charge in [0.05, 0.1) is 16.2 Å². The summed E-state index contributed by atoms with van der Waals surface area (Å²) in [5, 5.41) is 20.6. The number of para-hydroxylation sites is 1. The van der Waals surface area contributed by atoms with E-state index in [0.29, 0.717) is 6.07 Å². The van der Waals surface area contributed by atoms with Crippen molar-refractivity contribution in [2.45, 2.75) is 0 Å². The lowest BCUT2D eigenvalue weighted by Crippen LogP contribution is -2.02. The maximum Gasteiger partial charge on any atom is 0.278 e. The Morgan fingerprint density at radius 1 is 1.08 bits per heavy atom. The first-order valence-electron chi connectivity index (χ1n) is 7.32. The van der Waals surface area contributed by atoms with Gasteiger partial charge in [-0.3, -0.25) is 10.1 Å². The number of nitriles is 1. The fourth-order valence-electron chi connectivity index (χ4n) is 2.59. The summed E-state index contributed by atoms with van der Waals surface area (Å²) < 4.78 is 27.4. The third-order valence-electron chi connectivity index (χ3n) is 3.76. The highest BCUT2D eigenvalue weighted by Gasteiger charge is 2.20. The third-order valence-corrected chi connectivity index (χ3v) is 3.76. The van der Waals surface area contributed by atoms with Crippen molar-refractivity contribution in [1.29, 1.82) is 5.26 Å². The Balaban J connectivity index is 2.31. The molecule has 0 spiro atoms. The van der Waals surface area contributed by atoms with Gasteiger partial charge in [0.25, 0.3) is 5.69 Å². The van der Waals surface area contributed by atoms with E-state index in [1.165, 1.54) is 30.3 Å². The van der Waals surface area contributed by atoms with Crippen LogP contribution in [0.15, 0.2) is 48.5 Å². The number of pyridine rings is 1. The summed E-state index contributed by atoms with van der Waals surface area (Å²) in [5.74, 6) is -1.87. The predicted octanol–water partition coefficient (Wildman–Crippen LogP) is 4.06. The van der Waals surface area contributed by atoms with Crippen LogP contribution in [0, 0.1) is 33.1 Å². The van der Waals surface area contributed by atoms with Gasteiger partial charge in [-0.1, -0.05) is 12.1 Å². The minimum atomic E-state index is -0.888. The SMILES string of the molecule is N#Cc1c(-c2ccc(F)cc2F)cc(-c2ccccc2[N+](=O)[O-])nc1N. The minimum absolute atomic E-state index is 0.0584. The number of benzene rings is 2. The van der Waals surface area contributed by atoms with Crippen molar-refractivity contribution in [3.05, 3.63) is 75.8 Å². The number of nitro benzene ring substituents is 1. The first-order chi connectivity index (χ1) is 12.4. The topological polar surface area (TPSA) is 106 Å². The van der Waals surface area contributed by atoms with Crippen LogP contribution in [0.1, 0.15) is 5.56 Å². The predicted molar refractivity (Wildman–Crippen MR) is 90.8 cm³/mol. The monoisotopic (exact) mass is 352 g/mol. The van der Waals surface area contributed by atoms with Gasteiger partial charge in [-0.15, -0.1) is 0 Å². The second kappa shape index (κ2) is 6.57. The summed E-state index contributed by atoms with van der Waals surface area (Å²) in [6, 6.07) is 11.9. The average Bonchev–Trinajstić information content (AvgIpc) is 2.61. The van der Waals surface area contributed by atoms with E-state index in [1.807, 2.05) is 6.07 Å². The Kier molecular flexibility index (Phi) is 4.29. The molecule has 26 heavy (non-hydrogen) atoms. The maximum atomic E-state index is 14.2. The molecule has 0 fully saturated rings. The number of aromatic nitrogens is 1. The Morgan fingerprint density at radius 2 is 1.81 bits per heavy atom. The molecule has 1 aromatic heterocycles. The molecule has 0 bridgehead atoms. The van der Waals surface area contributed by atoms with Crippen molar-refractivity contribution in [1.82, 2.24) is 4.98 Å². The van der Waals surface area contributed by atoms with Gasteiger partial charge in [-0.25, -0.2) is 13.8 Å². The lowest BCUT2D eigenvalue weighted by Gasteiger charge is -2.11. The molecule has 0 unspecified atom stereocenters. The number of anilines is 1. The Morgan fingerprint density at radius 3 is 2.46 bits per heavy atom. The van der Waals surface area contributed by atoms with Gasteiger partial charge >= 0.3 is 0 Å². The molecule has 0 saturated heterocycles. The van der Waals surface area contributed by atoms with E-state index in [2.05, 4.69) is 4.98 Å². The Labute approximate surface area is 146 Å².